The lowest BCUT2D eigenvalue weighted by Gasteiger charge is -2.35. The Morgan fingerprint density at radius 2 is 1.91 bits per heavy atom. The molecule has 1 saturated carbocycles. The molecular formula is C17H21FN4O. The Bertz CT molecular complexity index is 674. The van der Waals surface area contributed by atoms with Crippen LogP contribution in [0, 0.1) is 5.82 Å². The zero-order valence-corrected chi connectivity index (χ0v) is 13.0. The molecule has 3 rings (SSSR count). The topological polar surface area (TPSA) is 72.9 Å². The molecule has 1 aliphatic carbocycles. The van der Waals surface area contributed by atoms with Gasteiger partial charge >= 0.3 is 0 Å². The fourth-order valence-electron chi connectivity index (χ4n) is 3.12. The highest BCUT2D eigenvalue weighted by molar-refractivity contribution is 5.84. The molecule has 1 fully saturated rings. The second-order valence-corrected chi connectivity index (χ2v) is 6.09. The molecule has 0 aliphatic heterocycles. The van der Waals surface area contributed by atoms with Crippen molar-refractivity contribution in [3.8, 4) is 5.69 Å². The van der Waals surface area contributed by atoms with E-state index in [2.05, 4.69) is 10.4 Å². The van der Waals surface area contributed by atoms with Crippen LogP contribution in [-0.2, 0) is 11.3 Å². The normalized spacial score (nSPS) is 17.1. The number of primary amides is 1. The minimum atomic E-state index is -0.613. The number of nitrogens with zero attached hydrogens (tertiary/aromatic N) is 2. The molecule has 1 aromatic heterocycles. The smallest absolute Gasteiger partial charge is 0.237 e. The van der Waals surface area contributed by atoms with Crippen LogP contribution < -0.4 is 11.1 Å². The summed E-state index contributed by atoms with van der Waals surface area (Å²) in [6.07, 6.45) is 6.56. The highest BCUT2D eigenvalue weighted by atomic mass is 19.1. The quantitative estimate of drug-likeness (QED) is 0.889. The molecule has 5 nitrogen and oxygen atoms in total. The summed E-state index contributed by atoms with van der Waals surface area (Å²) in [6.45, 7) is 0.483. The van der Waals surface area contributed by atoms with Crippen molar-refractivity contribution in [1.29, 1.82) is 0 Å². The molecule has 0 atom stereocenters. The van der Waals surface area contributed by atoms with Gasteiger partial charge in [0.05, 0.1) is 16.9 Å². The minimum absolute atomic E-state index is 0.275. The molecule has 0 bridgehead atoms. The molecule has 0 saturated heterocycles. The van der Waals surface area contributed by atoms with Crippen LogP contribution in [0.2, 0.25) is 0 Å². The summed E-state index contributed by atoms with van der Waals surface area (Å²) in [5.41, 5.74) is 6.61. The average Bonchev–Trinajstić information content (AvgIpc) is 3.03. The molecule has 0 radical (unpaired) electrons. The Morgan fingerprint density at radius 1 is 1.22 bits per heavy atom. The first-order chi connectivity index (χ1) is 11.1. The predicted molar refractivity (Wildman–Crippen MR) is 85.4 cm³/mol. The number of amides is 1. The fourth-order valence-corrected chi connectivity index (χ4v) is 3.12. The molecule has 122 valence electrons. The third-order valence-electron chi connectivity index (χ3n) is 4.52. The average molecular weight is 316 g/mol. The van der Waals surface area contributed by atoms with Crippen molar-refractivity contribution in [2.75, 3.05) is 0 Å². The summed E-state index contributed by atoms with van der Waals surface area (Å²) in [7, 11) is 0. The summed E-state index contributed by atoms with van der Waals surface area (Å²) in [4.78, 5) is 11.9. The lowest BCUT2D eigenvalue weighted by Crippen LogP contribution is -2.56. The summed E-state index contributed by atoms with van der Waals surface area (Å²) in [5.74, 6) is -0.557. The van der Waals surface area contributed by atoms with Gasteiger partial charge in [-0.1, -0.05) is 19.3 Å². The van der Waals surface area contributed by atoms with Crippen LogP contribution in [-0.4, -0.2) is 21.2 Å². The van der Waals surface area contributed by atoms with E-state index < -0.39 is 5.54 Å². The third kappa shape index (κ3) is 3.42. The van der Waals surface area contributed by atoms with Gasteiger partial charge in [0.15, 0.2) is 0 Å². The van der Waals surface area contributed by atoms with Crippen LogP contribution in [0.4, 0.5) is 4.39 Å². The van der Waals surface area contributed by atoms with Crippen LogP contribution in [0.3, 0.4) is 0 Å². The Kier molecular flexibility index (Phi) is 4.43. The molecule has 1 heterocycles. The van der Waals surface area contributed by atoms with Crippen molar-refractivity contribution >= 4 is 5.91 Å². The first-order valence-electron chi connectivity index (χ1n) is 7.94. The molecule has 23 heavy (non-hydrogen) atoms. The highest BCUT2D eigenvalue weighted by Crippen LogP contribution is 2.28. The van der Waals surface area contributed by atoms with Gasteiger partial charge in [0.2, 0.25) is 5.91 Å². The molecule has 1 aromatic carbocycles. The zero-order valence-electron chi connectivity index (χ0n) is 13.0. The molecule has 6 heteroatoms. The summed E-state index contributed by atoms with van der Waals surface area (Å²) < 4.78 is 14.7. The van der Waals surface area contributed by atoms with Gasteiger partial charge in [0.1, 0.15) is 5.82 Å². The van der Waals surface area contributed by atoms with Gasteiger partial charge in [-0.2, -0.15) is 5.10 Å². The highest BCUT2D eigenvalue weighted by Gasteiger charge is 2.37. The zero-order chi connectivity index (χ0) is 16.3. The summed E-state index contributed by atoms with van der Waals surface area (Å²) in [6, 6.07) is 8.03. The van der Waals surface area contributed by atoms with Gasteiger partial charge in [-0.3, -0.25) is 10.1 Å². The first kappa shape index (κ1) is 15.7. The van der Waals surface area contributed by atoms with Crippen LogP contribution in [0.25, 0.3) is 5.69 Å². The standard InChI is InChI=1S/C17H21FN4O/c18-13-4-6-15(7-5-13)22-11-8-14(21-22)12-20-17(16(19)23)9-2-1-3-10-17/h4-8,11,20H,1-3,9-10,12H2,(H2,19,23). The van der Waals surface area contributed by atoms with Crippen molar-refractivity contribution in [2.45, 2.75) is 44.2 Å². The van der Waals surface area contributed by atoms with E-state index in [0.29, 0.717) is 6.54 Å². The number of rotatable bonds is 5. The monoisotopic (exact) mass is 316 g/mol. The number of nitrogens with two attached hydrogens (primary N) is 1. The maximum absolute atomic E-state index is 13.0. The minimum Gasteiger partial charge on any atom is -0.368 e. The summed E-state index contributed by atoms with van der Waals surface area (Å²) >= 11 is 0. The van der Waals surface area contributed by atoms with E-state index in [-0.39, 0.29) is 11.7 Å². The Balaban J connectivity index is 1.69. The third-order valence-corrected chi connectivity index (χ3v) is 4.52. The van der Waals surface area contributed by atoms with Gasteiger partial charge in [-0.15, -0.1) is 0 Å². The molecule has 2 aromatic rings. The number of benzene rings is 1. The largest absolute Gasteiger partial charge is 0.368 e. The second kappa shape index (κ2) is 6.50. The van der Waals surface area contributed by atoms with Crippen molar-refractivity contribution < 1.29 is 9.18 Å². The first-order valence-corrected chi connectivity index (χ1v) is 7.94. The Labute approximate surface area is 134 Å². The van der Waals surface area contributed by atoms with Gasteiger partial charge in [-0.25, -0.2) is 9.07 Å². The van der Waals surface area contributed by atoms with Crippen LogP contribution in [0.1, 0.15) is 37.8 Å². The number of nitrogens with one attached hydrogen (secondary N) is 1. The number of halogens is 1. The maximum atomic E-state index is 13.0. The van der Waals surface area contributed by atoms with Crippen LogP contribution >= 0.6 is 0 Å². The second-order valence-electron chi connectivity index (χ2n) is 6.09. The van der Waals surface area contributed by atoms with Gasteiger partial charge in [0, 0.05) is 12.7 Å². The predicted octanol–water partition coefficient (Wildman–Crippen LogP) is 2.29. The maximum Gasteiger partial charge on any atom is 0.237 e. The van der Waals surface area contributed by atoms with E-state index in [1.54, 1.807) is 16.8 Å². The number of carbonyl (C=O) groups excluding carboxylic acids is 1. The number of carbonyl (C=O) groups is 1. The lowest BCUT2D eigenvalue weighted by atomic mass is 9.81. The van der Waals surface area contributed by atoms with E-state index in [0.717, 1.165) is 43.5 Å². The molecule has 3 N–H and O–H groups in total. The Morgan fingerprint density at radius 3 is 2.57 bits per heavy atom. The van der Waals surface area contributed by atoms with E-state index in [9.17, 15) is 9.18 Å². The van der Waals surface area contributed by atoms with Crippen LogP contribution in [0.15, 0.2) is 36.5 Å². The number of aromatic nitrogens is 2. The van der Waals surface area contributed by atoms with E-state index in [4.69, 9.17) is 5.73 Å². The van der Waals surface area contributed by atoms with Gasteiger partial charge in [-0.05, 0) is 43.2 Å². The molecular weight excluding hydrogens is 295 g/mol. The fraction of sp³-hybridized carbons (Fsp3) is 0.412. The Hall–Kier alpha value is -2.21. The number of hydrogen-bond donors (Lipinski definition) is 2. The molecule has 0 spiro atoms. The van der Waals surface area contributed by atoms with Crippen molar-refractivity contribution in [3.05, 3.63) is 48.0 Å². The van der Waals surface area contributed by atoms with E-state index >= 15 is 0 Å². The van der Waals surface area contributed by atoms with E-state index in [1.165, 1.54) is 12.1 Å². The van der Waals surface area contributed by atoms with E-state index in [1.807, 2.05) is 12.3 Å². The summed E-state index contributed by atoms with van der Waals surface area (Å²) in [5, 5.41) is 7.78. The van der Waals surface area contributed by atoms with Gasteiger partial charge in [0.25, 0.3) is 0 Å². The lowest BCUT2D eigenvalue weighted by molar-refractivity contribution is -0.125. The SMILES string of the molecule is NC(=O)C1(NCc2ccn(-c3ccc(F)cc3)n2)CCCCC1. The van der Waals surface area contributed by atoms with Crippen LogP contribution in [0.5, 0.6) is 0 Å². The van der Waals surface area contributed by atoms with Gasteiger partial charge < -0.3 is 5.73 Å². The van der Waals surface area contributed by atoms with Crippen molar-refractivity contribution in [3.63, 3.8) is 0 Å². The molecule has 1 amide bonds. The molecule has 0 unspecified atom stereocenters. The van der Waals surface area contributed by atoms with Crippen molar-refractivity contribution in [1.82, 2.24) is 15.1 Å². The molecule has 1 aliphatic rings. The number of hydrogen-bond acceptors (Lipinski definition) is 3. The van der Waals surface area contributed by atoms with Crippen molar-refractivity contribution in [2.24, 2.45) is 5.73 Å².